The molecule has 2 N–H and O–H groups in total. The third kappa shape index (κ3) is 3.53. The van der Waals surface area contributed by atoms with Crippen molar-refractivity contribution in [3.8, 4) is 0 Å². The third-order valence-electron chi connectivity index (χ3n) is 4.49. The average molecular weight is 356 g/mol. The van der Waals surface area contributed by atoms with Gasteiger partial charge in [0, 0.05) is 6.42 Å². The molecule has 136 valence electrons. The molecule has 0 amide bonds. The van der Waals surface area contributed by atoms with Crippen molar-refractivity contribution < 1.29 is 29.3 Å². The van der Waals surface area contributed by atoms with Gasteiger partial charge in [-0.25, -0.2) is 4.79 Å². The van der Waals surface area contributed by atoms with Gasteiger partial charge in [-0.15, -0.1) is 0 Å². The fourth-order valence-corrected chi connectivity index (χ4v) is 3.13. The summed E-state index contributed by atoms with van der Waals surface area (Å²) in [4.78, 5) is 24.3. The van der Waals surface area contributed by atoms with E-state index >= 15 is 0 Å². The number of ether oxygens (including phenoxy) is 2. The van der Waals surface area contributed by atoms with Crippen LogP contribution in [-0.2, 0) is 32.1 Å². The summed E-state index contributed by atoms with van der Waals surface area (Å²) in [5, 5.41) is 19.9. The number of ketones is 1. The minimum Gasteiger partial charge on any atom is -0.447 e. The van der Waals surface area contributed by atoms with Gasteiger partial charge in [0.25, 0.3) is 5.78 Å². The summed E-state index contributed by atoms with van der Waals surface area (Å²) in [7, 11) is 0. The Morgan fingerprint density at radius 2 is 1.58 bits per heavy atom. The maximum atomic E-state index is 12.4. The molecule has 2 aromatic rings. The summed E-state index contributed by atoms with van der Waals surface area (Å²) in [6, 6.07) is 18.2. The first-order valence-electron chi connectivity index (χ1n) is 8.32. The Labute approximate surface area is 151 Å². The largest absolute Gasteiger partial charge is 0.447 e. The van der Waals surface area contributed by atoms with Gasteiger partial charge in [0.05, 0.1) is 13.2 Å². The highest BCUT2D eigenvalue weighted by Gasteiger charge is 2.60. The van der Waals surface area contributed by atoms with Gasteiger partial charge in [-0.2, -0.15) is 0 Å². The Hall–Kier alpha value is -2.54. The highest BCUT2D eigenvalue weighted by atomic mass is 16.6. The molecule has 6 heteroatoms. The SMILES string of the molecule is O=C1O[C@](Cc2ccccc2)([C@@H](O)CO)C(OCc2ccccc2)C1=O. The number of cyclic esters (lactones) is 1. The molecular weight excluding hydrogens is 336 g/mol. The maximum Gasteiger partial charge on any atom is 0.378 e. The second kappa shape index (κ2) is 7.78. The van der Waals surface area contributed by atoms with Crippen molar-refractivity contribution in [3.05, 3.63) is 71.8 Å². The molecule has 1 aliphatic heterocycles. The first-order valence-corrected chi connectivity index (χ1v) is 8.32. The number of hydrogen-bond donors (Lipinski definition) is 2. The van der Waals surface area contributed by atoms with E-state index in [-0.39, 0.29) is 13.0 Å². The van der Waals surface area contributed by atoms with Crippen LogP contribution in [0.3, 0.4) is 0 Å². The van der Waals surface area contributed by atoms with Crippen molar-refractivity contribution >= 4 is 11.8 Å². The third-order valence-corrected chi connectivity index (χ3v) is 4.49. The zero-order valence-corrected chi connectivity index (χ0v) is 14.1. The fourth-order valence-electron chi connectivity index (χ4n) is 3.13. The molecule has 3 rings (SSSR count). The van der Waals surface area contributed by atoms with Crippen molar-refractivity contribution in [3.63, 3.8) is 0 Å². The smallest absolute Gasteiger partial charge is 0.378 e. The molecule has 0 radical (unpaired) electrons. The van der Waals surface area contributed by atoms with Crippen LogP contribution in [0.2, 0.25) is 0 Å². The molecule has 3 atom stereocenters. The molecule has 1 fully saturated rings. The van der Waals surface area contributed by atoms with E-state index in [9.17, 15) is 19.8 Å². The topological polar surface area (TPSA) is 93.1 Å². The number of carbonyl (C=O) groups is 2. The Balaban J connectivity index is 1.91. The van der Waals surface area contributed by atoms with Crippen LogP contribution in [0.15, 0.2) is 60.7 Å². The lowest BCUT2D eigenvalue weighted by molar-refractivity contribution is -0.178. The standard InChI is InChI=1S/C20H20O6/c21-12-16(22)20(11-14-7-3-1-4-8-14)18(17(23)19(24)26-20)25-13-15-9-5-2-6-10-15/h1-10,16,18,21-22H,11-13H2/t16-,18?,20+/m0/s1. The second-order valence-electron chi connectivity index (χ2n) is 6.25. The van der Waals surface area contributed by atoms with Crippen LogP contribution in [-0.4, -0.2) is 46.4 Å². The molecule has 1 saturated heterocycles. The molecule has 0 spiro atoms. The van der Waals surface area contributed by atoms with Gasteiger partial charge in [0.15, 0.2) is 11.7 Å². The number of Topliss-reactive ketones (excluding diaryl/α,β-unsaturated/α-hetero) is 1. The van der Waals surface area contributed by atoms with Crippen LogP contribution in [0.5, 0.6) is 0 Å². The first-order chi connectivity index (χ1) is 12.6. The lowest BCUT2D eigenvalue weighted by Gasteiger charge is -2.35. The van der Waals surface area contributed by atoms with Crippen molar-refractivity contribution in [1.82, 2.24) is 0 Å². The first kappa shape index (κ1) is 18.3. The van der Waals surface area contributed by atoms with Crippen molar-refractivity contribution in [1.29, 1.82) is 0 Å². The second-order valence-corrected chi connectivity index (χ2v) is 6.25. The molecule has 26 heavy (non-hydrogen) atoms. The van der Waals surface area contributed by atoms with Gasteiger partial charge in [-0.1, -0.05) is 60.7 Å². The quantitative estimate of drug-likeness (QED) is 0.569. The summed E-state index contributed by atoms with van der Waals surface area (Å²) in [5.74, 6) is -1.92. The number of esters is 1. The zero-order chi connectivity index (χ0) is 18.6. The fraction of sp³-hybridized carbons (Fsp3) is 0.300. The van der Waals surface area contributed by atoms with E-state index in [0.717, 1.165) is 11.1 Å². The molecule has 1 unspecified atom stereocenters. The molecule has 1 aliphatic rings. The Bertz CT molecular complexity index is 760. The lowest BCUT2D eigenvalue weighted by atomic mass is 9.84. The summed E-state index contributed by atoms with van der Waals surface area (Å²) < 4.78 is 11.0. The Morgan fingerprint density at radius 3 is 2.15 bits per heavy atom. The van der Waals surface area contributed by atoms with Gasteiger partial charge in [-0.3, -0.25) is 4.79 Å². The highest BCUT2D eigenvalue weighted by molar-refractivity contribution is 6.37. The Morgan fingerprint density at radius 1 is 1.00 bits per heavy atom. The van der Waals surface area contributed by atoms with Crippen LogP contribution in [0.1, 0.15) is 11.1 Å². The zero-order valence-electron chi connectivity index (χ0n) is 14.1. The van der Waals surface area contributed by atoms with Crippen LogP contribution < -0.4 is 0 Å². The summed E-state index contributed by atoms with van der Waals surface area (Å²) >= 11 is 0. The minimum atomic E-state index is -1.67. The number of aliphatic hydroxyl groups excluding tert-OH is 2. The lowest BCUT2D eigenvalue weighted by Crippen LogP contribution is -2.55. The number of benzene rings is 2. The van der Waals surface area contributed by atoms with Crippen LogP contribution >= 0.6 is 0 Å². The van der Waals surface area contributed by atoms with Gasteiger partial charge in [0.2, 0.25) is 0 Å². The van der Waals surface area contributed by atoms with E-state index in [1.54, 1.807) is 24.3 Å². The molecule has 0 saturated carbocycles. The van der Waals surface area contributed by atoms with E-state index in [1.807, 2.05) is 36.4 Å². The Kier molecular flexibility index (Phi) is 5.46. The van der Waals surface area contributed by atoms with Gasteiger partial charge in [0.1, 0.15) is 6.10 Å². The van der Waals surface area contributed by atoms with E-state index < -0.39 is 36.2 Å². The number of carbonyl (C=O) groups excluding carboxylic acids is 2. The summed E-state index contributed by atoms with van der Waals surface area (Å²) in [5.41, 5.74) is -0.110. The van der Waals surface area contributed by atoms with Gasteiger partial charge >= 0.3 is 5.97 Å². The minimum absolute atomic E-state index is 0.0481. The van der Waals surface area contributed by atoms with E-state index in [2.05, 4.69) is 0 Å². The van der Waals surface area contributed by atoms with Crippen molar-refractivity contribution in [2.45, 2.75) is 30.8 Å². The van der Waals surface area contributed by atoms with Crippen LogP contribution in [0.25, 0.3) is 0 Å². The number of hydrogen-bond acceptors (Lipinski definition) is 6. The monoisotopic (exact) mass is 356 g/mol. The molecule has 2 aromatic carbocycles. The maximum absolute atomic E-state index is 12.4. The van der Waals surface area contributed by atoms with Crippen LogP contribution in [0, 0.1) is 0 Å². The van der Waals surface area contributed by atoms with Gasteiger partial charge in [-0.05, 0) is 11.1 Å². The van der Waals surface area contributed by atoms with Crippen molar-refractivity contribution in [2.24, 2.45) is 0 Å². The van der Waals surface area contributed by atoms with E-state index in [4.69, 9.17) is 9.47 Å². The molecule has 6 nitrogen and oxygen atoms in total. The highest BCUT2D eigenvalue weighted by Crippen LogP contribution is 2.35. The normalized spacial score (nSPS) is 23.7. The predicted molar refractivity (Wildman–Crippen MR) is 92.1 cm³/mol. The predicted octanol–water partition coefficient (Wildman–Crippen LogP) is 1.03. The number of rotatable bonds is 7. The molecule has 0 aliphatic carbocycles. The average Bonchev–Trinajstić information content (AvgIpc) is 2.91. The van der Waals surface area contributed by atoms with E-state index in [0.29, 0.717) is 0 Å². The van der Waals surface area contributed by atoms with E-state index in [1.165, 1.54) is 0 Å². The van der Waals surface area contributed by atoms with Gasteiger partial charge < -0.3 is 19.7 Å². The summed E-state index contributed by atoms with van der Waals surface area (Å²) in [6.45, 7) is -0.596. The molecular formula is C20H20O6. The number of aliphatic hydroxyl groups is 2. The van der Waals surface area contributed by atoms with Crippen LogP contribution in [0.4, 0.5) is 0 Å². The molecule has 0 bridgehead atoms. The summed E-state index contributed by atoms with van der Waals surface area (Å²) in [6.07, 6.45) is -2.72. The molecule has 0 aromatic heterocycles. The molecule has 1 heterocycles. The van der Waals surface area contributed by atoms with Crippen molar-refractivity contribution in [2.75, 3.05) is 6.61 Å².